The fourth-order valence-electron chi connectivity index (χ4n) is 2.51. The van der Waals surface area contributed by atoms with Gasteiger partial charge >= 0.3 is 6.09 Å². The van der Waals surface area contributed by atoms with Gasteiger partial charge in [0.05, 0.1) is 6.20 Å². The van der Waals surface area contributed by atoms with E-state index in [4.69, 9.17) is 4.74 Å². The molecular weight excluding hydrogens is 280 g/mol. The predicted molar refractivity (Wildman–Crippen MR) is 85.4 cm³/mol. The van der Waals surface area contributed by atoms with E-state index in [-0.39, 0.29) is 11.6 Å². The molecule has 2 rings (SSSR count). The van der Waals surface area contributed by atoms with Crippen molar-refractivity contribution >= 4 is 6.09 Å². The van der Waals surface area contributed by atoms with Crippen LogP contribution >= 0.6 is 0 Å². The number of rotatable bonds is 6. The fraction of sp³-hybridized carbons (Fsp3) is 0.750. The molecule has 0 aliphatic heterocycles. The van der Waals surface area contributed by atoms with E-state index in [2.05, 4.69) is 22.7 Å². The molecule has 0 unspecified atom stereocenters. The third kappa shape index (κ3) is 5.02. The van der Waals surface area contributed by atoms with Gasteiger partial charge in [0, 0.05) is 37.4 Å². The molecule has 1 fully saturated rings. The first-order chi connectivity index (χ1) is 10.2. The zero-order chi connectivity index (χ0) is 16.4. The van der Waals surface area contributed by atoms with Gasteiger partial charge in [-0.2, -0.15) is 5.10 Å². The van der Waals surface area contributed by atoms with Gasteiger partial charge in [-0.15, -0.1) is 0 Å². The number of carbonyl (C=O) groups excluding carboxylic acids is 1. The molecule has 0 bridgehead atoms. The standard InChI is InChI=1S/C16H28N4O2/c1-15(2,3)22-14(21)17-11-16(4,13-6-7-13)18-8-12-9-19-20(5)10-12/h9-10,13,18H,6-8,11H2,1-5H3,(H,17,21)/t16-/m1/s1. The van der Waals surface area contributed by atoms with Gasteiger partial charge in [0.2, 0.25) is 0 Å². The highest BCUT2D eigenvalue weighted by atomic mass is 16.6. The fourth-order valence-corrected chi connectivity index (χ4v) is 2.51. The van der Waals surface area contributed by atoms with E-state index in [1.54, 1.807) is 4.68 Å². The summed E-state index contributed by atoms with van der Waals surface area (Å²) < 4.78 is 7.10. The van der Waals surface area contributed by atoms with Gasteiger partial charge in [-0.1, -0.05) is 0 Å². The summed E-state index contributed by atoms with van der Waals surface area (Å²) >= 11 is 0. The van der Waals surface area contributed by atoms with Crippen molar-refractivity contribution in [2.45, 2.75) is 58.2 Å². The van der Waals surface area contributed by atoms with Crippen molar-refractivity contribution in [3.8, 4) is 0 Å². The van der Waals surface area contributed by atoms with Crippen LogP contribution < -0.4 is 10.6 Å². The lowest BCUT2D eigenvalue weighted by Gasteiger charge is -2.32. The Morgan fingerprint density at radius 2 is 2.09 bits per heavy atom. The molecule has 1 amide bonds. The first-order valence-corrected chi connectivity index (χ1v) is 7.87. The van der Waals surface area contributed by atoms with Gasteiger partial charge in [-0.25, -0.2) is 4.79 Å². The number of hydrogen-bond acceptors (Lipinski definition) is 4. The maximum absolute atomic E-state index is 11.9. The minimum absolute atomic E-state index is 0.118. The van der Waals surface area contributed by atoms with Crippen LogP contribution in [0.15, 0.2) is 12.4 Å². The predicted octanol–water partition coefficient (Wildman–Crippen LogP) is 2.20. The van der Waals surface area contributed by atoms with Crippen molar-refractivity contribution < 1.29 is 9.53 Å². The van der Waals surface area contributed by atoms with Crippen LogP contribution in [0.2, 0.25) is 0 Å². The number of nitrogens with zero attached hydrogens (tertiary/aromatic N) is 2. The van der Waals surface area contributed by atoms with E-state index >= 15 is 0 Å². The number of hydrogen-bond donors (Lipinski definition) is 2. The number of aryl methyl sites for hydroxylation is 1. The van der Waals surface area contributed by atoms with E-state index in [0.29, 0.717) is 12.5 Å². The van der Waals surface area contributed by atoms with Gasteiger partial charge in [0.25, 0.3) is 0 Å². The number of amides is 1. The van der Waals surface area contributed by atoms with Crippen molar-refractivity contribution in [1.82, 2.24) is 20.4 Å². The summed E-state index contributed by atoms with van der Waals surface area (Å²) in [5.41, 5.74) is 0.558. The molecule has 6 heteroatoms. The molecule has 6 nitrogen and oxygen atoms in total. The van der Waals surface area contributed by atoms with Crippen LogP contribution in [0.1, 0.15) is 46.1 Å². The number of alkyl carbamates (subject to hydrolysis) is 1. The summed E-state index contributed by atoms with van der Waals surface area (Å²) in [7, 11) is 1.91. The molecule has 1 aliphatic carbocycles. The van der Waals surface area contributed by atoms with E-state index in [0.717, 1.165) is 12.1 Å². The van der Waals surface area contributed by atoms with Gasteiger partial charge in [0.15, 0.2) is 0 Å². The molecule has 2 N–H and O–H groups in total. The van der Waals surface area contributed by atoms with Gasteiger partial charge < -0.3 is 15.4 Å². The van der Waals surface area contributed by atoms with E-state index in [9.17, 15) is 4.79 Å². The molecule has 0 radical (unpaired) electrons. The third-order valence-electron chi connectivity index (χ3n) is 3.93. The monoisotopic (exact) mass is 308 g/mol. The molecule has 0 spiro atoms. The second-order valence-corrected chi connectivity index (χ2v) is 7.42. The second-order valence-electron chi connectivity index (χ2n) is 7.42. The van der Waals surface area contributed by atoms with Crippen molar-refractivity contribution in [1.29, 1.82) is 0 Å². The topological polar surface area (TPSA) is 68.2 Å². The highest BCUT2D eigenvalue weighted by Gasteiger charge is 2.41. The quantitative estimate of drug-likeness (QED) is 0.845. The molecule has 22 heavy (non-hydrogen) atoms. The van der Waals surface area contributed by atoms with Crippen LogP contribution in [0.5, 0.6) is 0 Å². The zero-order valence-corrected chi connectivity index (χ0v) is 14.3. The minimum atomic E-state index is -0.469. The molecule has 1 aliphatic rings. The van der Waals surface area contributed by atoms with Crippen LogP contribution in [0.3, 0.4) is 0 Å². The Balaban J connectivity index is 1.86. The number of ether oxygens (including phenoxy) is 1. The normalized spacial score (nSPS) is 17.9. The lowest BCUT2D eigenvalue weighted by Crippen LogP contribution is -2.53. The number of aromatic nitrogens is 2. The second kappa shape index (κ2) is 6.28. The lowest BCUT2D eigenvalue weighted by molar-refractivity contribution is 0.0507. The molecule has 1 heterocycles. The van der Waals surface area contributed by atoms with Crippen molar-refractivity contribution in [3.05, 3.63) is 18.0 Å². The Kier molecular flexibility index (Phi) is 4.80. The molecule has 0 aromatic carbocycles. The highest BCUT2D eigenvalue weighted by Crippen LogP contribution is 2.39. The van der Waals surface area contributed by atoms with E-state index in [1.807, 2.05) is 40.2 Å². The van der Waals surface area contributed by atoms with Crippen LogP contribution in [0.25, 0.3) is 0 Å². The Bertz CT molecular complexity index is 516. The summed E-state index contributed by atoms with van der Waals surface area (Å²) in [6.45, 7) is 9.08. The minimum Gasteiger partial charge on any atom is -0.444 e. The Morgan fingerprint density at radius 1 is 1.41 bits per heavy atom. The summed E-state index contributed by atoms with van der Waals surface area (Å²) in [4.78, 5) is 11.9. The summed E-state index contributed by atoms with van der Waals surface area (Å²) in [5.74, 6) is 0.596. The van der Waals surface area contributed by atoms with Gasteiger partial charge in [-0.3, -0.25) is 4.68 Å². The Hall–Kier alpha value is -1.56. The van der Waals surface area contributed by atoms with Crippen LogP contribution in [-0.2, 0) is 18.3 Å². The van der Waals surface area contributed by atoms with Crippen LogP contribution in [0, 0.1) is 5.92 Å². The summed E-state index contributed by atoms with van der Waals surface area (Å²) in [5, 5.41) is 10.7. The van der Waals surface area contributed by atoms with Gasteiger partial charge in [0.1, 0.15) is 5.60 Å². The first kappa shape index (κ1) is 16.8. The molecule has 1 atom stereocenters. The molecular formula is C16H28N4O2. The summed E-state index contributed by atoms with van der Waals surface area (Å²) in [6.07, 6.45) is 5.91. The average molecular weight is 308 g/mol. The van der Waals surface area contributed by atoms with E-state index in [1.165, 1.54) is 12.8 Å². The molecule has 1 aromatic rings. The van der Waals surface area contributed by atoms with Gasteiger partial charge in [-0.05, 0) is 46.5 Å². The lowest BCUT2D eigenvalue weighted by atomic mass is 9.95. The smallest absolute Gasteiger partial charge is 0.407 e. The van der Waals surface area contributed by atoms with Crippen LogP contribution in [-0.4, -0.2) is 33.6 Å². The first-order valence-electron chi connectivity index (χ1n) is 7.87. The number of nitrogens with one attached hydrogen (secondary N) is 2. The number of carbonyl (C=O) groups is 1. The summed E-state index contributed by atoms with van der Waals surface area (Å²) in [6, 6.07) is 0. The van der Waals surface area contributed by atoms with Crippen molar-refractivity contribution in [2.75, 3.05) is 6.54 Å². The molecule has 1 saturated carbocycles. The largest absolute Gasteiger partial charge is 0.444 e. The maximum Gasteiger partial charge on any atom is 0.407 e. The highest BCUT2D eigenvalue weighted by molar-refractivity contribution is 5.67. The maximum atomic E-state index is 11.9. The van der Waals surface area contributed by atoms with Crippen LogP contribution in [0.4, 0.5) is 4.79 Å². The van der Waals surface area contributed by atoms with Crippen molar-refractivity contribution in [2.24, 2.45) is 13.0 Å². The SMILES string of the molecule is Cn1cc(CN[C@](C)(CNC(=O)OC(C)(C)C)C2CC2)cn1. The molecule has 0 saturated heterocycles. The Labute approximate surface area is 132 Å². The van der Waals surface area contributed by atoms with Crippen molar-refractivity contribution in [3.63, 3.8) is 0 Å². The van der Waals surface area contributed by atoms with E-state index < -0.39 is 5.60 Å². The molecule has 124 valence electrons. The Morgan fingerprint density at radius 3 is 2.59 bits per heavy atom. The zero-order valence-electron chi connectivity index (χ0n) is 14.3. The average Bonchev–Trinajstić information content (AvgIpc) is 3.16. The molecule has 1 aromatic heterocycles. The third-order valence-corrected chi connectivity index (χ3v) is 3.93.